The van der Waals surface area contributed by atoms with E-state index in [2.05, 4.69) is 15.9 Å². The second-order valence-electron chi connectivity index (χ2n) is 3.85. The minimum absolute atomic E-state index is 0.492. The maximum absolute atomic E-state index is 10.9. The van der Waals surface area contributed by atoms with Crippen molar-refractivity contribution in [1.29, 1.82) is 0 Å². The van der Waals surface area contributed by atoms with Crippen molar-refractivity contribution < 1.29 is 9.53 Å². The Kier molecular flexibility index (Phi) is 4.74. The Morgan fingerprint density at radius 3 is 2.69 bits per heavy atom. The molecule has 0 saturated heterocycles. The molecule has 0 radical (unpaired) electrons. The number of hydrogen-bond donors (Lipinski definition) is 0. The lowest BCUT2D eigenvalue weighted by Gasteiger charge is -2.10. The Hall–Kier alpha value is -1.09. The zero-order valence-electron chi connectivity index (χ0n) is 9.71. The fraction of sp³-hybridized carbons (Fsp3) is 0.308. The summed E-state index contributed by atoms with van der Waals surface area (Å²) in [7, 11) is 0. The van der Waals surface area contributed by atoms with Crippen molar-refractivity contribution in [2.24, 2.45) is 0 Å². The van der Waals surface area contributed by atoms with Gasteiger partial charge in [-0.1, -0.05) is 21.5 Å². The monoisotopic (exact) mass is 282 g/mol. The molecule has 1 aromatic rings. The summed E-state index contributed by atoms with van der Waals surface area (Å²) in [5.41, 5.74) is 2.73. The van der Waals surface area contributed by atoms with E-state index in [4.69, 9.17) is 4.74 Å². The molecular formula is C13H15BrO2. The van der Waals surface area contributed by atoms with Gasteiger partial charge in [0.1, 0.15) is 12.4 Å². The molecule has 0 fully saturated rings. The first-order chi connectivity index (χ1) is 7.54. The standard InChI is InChI=1S/C13H15BrO2/c1-9(2)4-5-16-13-10(3)6-12(14)7-11(13)8-15/h4,6-8H,5H2,1-3H3. The Labute approximate surface area is 104 Å². The number of ether oxygens (including phenoxy) is 1. The highest BCUT2D eigenvalue weighted by molar-refractivity contribution is 9.10. The molecule has 16 heavy (non-hydrogen) atoms. The molecule has 0 heterocycles. The maximum Gasteiger partial charge on any atom is 0.153 e. The summed E-state index contributed by atoms with van der Waals surface area (Å²) in [4.78, 5) is 10.9. The smallest absolute Gasteiger partial charge is 0.153 e. The Morgan fingerprint density at radius 1 is 1.44 bits per heavy atom. The van der Waals surface area contributed by atoms with Crippen molar-refractivity contribution in [2.45, 2.75) is 20.8 Å². The summed E-state index contributed by atoms with van der Waals surface area (Å²) in [5, 5.41) is 0. The Bertz CT molecular complexity index is 418. The third-order valence-electron chi connectivity index (χ3n) is 2.11. The van der Waals surface area contributed by atoms with Gasteiger partial charge >= 0.3 is 0 Å². The van der Waals surface area contributed by atoms with Crippen LogP contribution < -0.4 is 4.74 Å². The molecule has 86 valence electrons. The van der Waals surface area contributed by atoms with E-state index < -0.39 is 0 Å². The van der Waals surface area contributed by atoms with E-state index in [-0.39, 0.29) is 0 Å². The lowest BCUT2D eigenvalue weighted by atomic mass is 10.1. The van der Waals surface area contributed by atoms with Crippen molar-refractivity contribution in [3.8, 4) is 5.75 Å². The van der Waals surface area contributed by atoms with E-state index in [1.54, 1.807) is 6.07 Å². The fourth-order valence-corrected chi connectivity index (χ4v) is 1.92. The minimum Gasteiger partial charge on any atom is -0.489 e. The van der Waals surface area contributed by atoms with E-state index in [0.717, 1.165) is 16.3 Å². The molecule has 0 unspecified atom stereocenters. The molecule has 1 rings (SSSR count). The molecule has 0 aliphatic carbocycles. The number of benzene rings is 1. The number of aryl methyl sites for hydroxylation is 1. The van der Waals surface area contributed by atoms with Gasteiger partial charge in [0, 0.05) is 4.47 Å². The third-order valence-corrected chi connectivity index (χ3v) is 2.57. The number of carbonyl (C=O) groups excluding carboxylic acids is 1. The van der Waals surface area contributed by atoms with E-state index in [1.807, 2.05) is 32.9 Å². The second kappa shape index (κ2) is 5.85. The van der Waals surface area contributed by atoms with Gasteiger partial charge < -0.3 is 4.74 Å². The van der Waals surface area contributed by atoms with Crippen molar-refractivity contribution in [1.82, 2.24) is 0 Å². The van der Waals surface area contributed by atoms with Gasteiger partial charge in [-0.2, -0.15) is 0 Å². The molecule has 3 heteroatoms. The van der Waals surface area contributed by atoms with E-state index in [9.17, 15) is 4.79 Å². The third kappa shape index (κ3) is 3.49. The van der Waals surface area contributed by atoms with E-state index in [1.165, 1.54) is 5.57 Å². The normalized spacial score (nSPS) is 9.75. The first kappa shape index (κ1) is 13.0. The van der Waals surface area contributed by atoms with Gasteiger partial charge in [-0.3, -0.25) is 4.79 Å². The molecule has 0 amide bonds. The summed E-state index contributed by atoms with van der Waals surface area (Å²) in [5.74, 6) is 0.663. The Balaban J connectivity index is 2.94. The molecular weight excluding hydrogens is 268 g/mol. The van der Waals surface area contributed by atoms with Crippen molar-refractivity contribution in [3.05, 3.63) is 39.4 Å². The summed E-state index contributed by atoms with van der Waals surface area (Å²) >= 11 is 3.35. The topological polar surface area (TPSA) is 26.3 Å². The van der Waals surface area contributed by atoms with Crippen LogP contribution in [-0.4, -0.2) is 12.9 Å². The highest BCUT2D eigenvalue weighted by Crippen LogP contribution is 2.26. The lowest BCUT2D eigenvalue weighted by Crippen LogP contribution is -2.00. The van der Waals surface area contributed by atoms with Gasteiger partial charge in [-0.05, 0) is 44.5 Å². The van der Waals surface area contributed by atoms with Crippen LogP contribution in [0, 0.1) is 6.92 Å². The van der Waals surface area contributed by atoms with Crippen LogP contribution in [0.5, 0.6) is 5.75 Å². The van der Waals surface area contributed by atoms with Crippen LogP contribution in [0.4, 0.5) is 0 Å². The predicted octanol–water partition coefficient (Wildman–Crippen LogP) is 3.92. The molecule has 0 atom stereocenters. The number of allylic oxidation sites excluding steroid dienone is 1. The average Bonchev–Trinajstić information content (AvgIpc) is 2.20. The largest absolute Gasteiger partial charge is 0.489 e. The lowest BCUT2D eigenvalue weighted by molar-refractivity contribution is 0.112. The second-order valence-corrected chi connectivity index (χ2v) is 4.77. The SMILES string of the molecule is CC(C)=CCOc1c(C)cc(Br)cc1C=O. The van der Waals surface area contributed by atoms with E-state index in [0.29, 0.717) is 17.9 Å². The maximum atomic E-state index is 10.9. The Morgan fingerprint density at radius 2 is 2.12 bits per heavy atom. The van der Waals surface area contributed by atoms with Crippen LogP contribution in [0.25, 0.3) is 0 Å². The van der Waals surface area contributed by atoms with Crippen LogP contribution in [0.1, 0.15) is 29.8 Å². The van der Waals surface area contributed by atoms with Gasteiger partial charge in [-0.25, -0.2) is 0 Å². The quantitative estimate of drug-likeness (QED) is 0.618. The van der Waals surface area contributed by atoms with E-state index >= 15 is 0 Å². The molecule has 0 N–H and O–H groups in total. The van der Waals surface area contributed by atoms with Gasteiger partial charge in [0.05, 0.1) is 5.56 Å². The molecule has 0 aliphatic heterocycles. The molecule has 0 bridgehead atoms. The first-order valence-electron chi connectivity index (χ1n) is 5.06. The molecule has 1 aromatic carbocycles. The van der Waals surface area contributed by atoms with Crippen LogP contribution in [0.15, 0.2) is 28.3 Å². The molecule has 0 spiro atoms. The van der Waals surface area contributed by atoms with Crippen LogP contribution in [-0.2, 0) is 0 Å². The predicted molar refractivity (Wildman–Crippen MR) is 69.2 cm³/mol. The average molecular weight is 283 g/mol. The number of hydrogen-bond acceptors (Lipinski definition) is 2. The summed E-state index contributed by atoms with van der Waals surface area (Å²) < 4.78 is 6.49. The summed E-state index contributed by atoms with van der Waals surface area (Å²) in [6, 6.07) is 3.70. The fourth-order valence-electron chi connectivity index (χ4n) is 1.33. The van der Waals surface area contributed by atoms with Gasteiger partial charge in [0.15, 0.2) is 6.29 Å². The number of halogens is 1. The van der Waals surface area contributed by atoms with Crippen molar-refractivity contribution in [2.75, 3.05) is 6.61 Å². The molecule has 2 nitrogen and oxygen atoms in total. The first-order valence-corrected chi connectivity index (χ1v) is 5.85. The number of rotatable bonds is 4. The minimum atomic E-state index is 0.492. The molecule has 0 aliphatic rings. The number of aldehydes is 1. The highest BCUT2D eigenvalue weighted by Gasteiger charge is 2.07. The summed E-state index contributed by atoms with van der Waals surface area (Å²) in [6.45, 7) is 6.44. The van der Waals surface area contributed by atoms with Gasteiger partial charge in [-0.15, -0.1) is 0 Å². The van der Waals surface area contributed by atoms with Crippen LogP contribution >= 0.6 is 15.9 Å². The zero-order chi connectivity index (χ0) is 12.1. The van der Waals surface area contributed by atoms with Gasteiger partial charge in [0.2, 0.25) is 0 Å². The van der Waals surface area contributed by atoms with Crippen LogP contribution in [0.3, 0.4) is 0 Å². The molecule has 0 aromatic heterocycles. The summed E-state index contributed by atoms with van der Waals surface area (Å²) in [6.07, 6.45) is 2.80. The van der Waals surface area contributed by atoms with Crippen LogP contribution in [0.2, 0.25) is 0 Å². The molecule has 0 saturated carbocycles. The van der Waals surface area contributed by atoms with Gasteiger partial charge in [0.25, 0.3) is 0 Å². The van der Waals surface area contributed by atoms with Crippen molar-refractivity contribution in [3.63, 3.8) is 0 Å². The zero-order valence-corrected chi connectivity index (χ0v) is 11.3. The van der Waals surface area contributed by atoms with Crippen molar-refractivity contribution >= 4 is 22.2 Å². The highest BCUT2D eigenvalue weighted by atomic mass is 79.9. The number of carbonyl (C=O) groups is 1.